The number of rotatable bonds is 3. The summed E-state index contributed by atoms with van der Waals surface area (Å²) in [6.07, 6.45) is 6.44. The first-order valence-corrected chi connectivity index (χ1v) is 7.56. The third-order valence-electron chi connectivity index (χ3n) is 2.01. The third kappa shape index (κ3) is 9.33. The van der Waals surface area contributed by atoms with Crippen molar-refractivity contribution in [2.45, 2.75) is 19.3 Å². The first kappa shape index (κ1) is 17.3. The molecule has 0 aliphatic heterocycles. The van der Waals surface area contributed by atoms with Crippen LogP contribution < -0.4 is 0 Å². The van der Waals surface area contributed by atoms with E-state index in [1.54, 1.807) is 0 Å². The lowest BCUT2D eigenvalue weighted by Crippen LogP contribution is -2.28. The largest absolute Gasteiger partial charge is 0.673 e. The van der Waals surface area contributed by atoms with Crippen molar-refractivity contribution >= 4 is 18.1 Å². The fraction of sp³-hybridized carbons (Fsp3) is 0.545. The lowest BCUT2D eigenvalue weighted by Gasteiger charge is -2.21. The summed E-state index contributed by atoms with van der Waals surface area (Å²) >= 11 is 0. The van der Waals surface area contributed by atoms with E-state index >= 15 is 0 Å². The van der Waals surface area contributed by atoms with Gasteiger partial charge in [-0.25, -0.2) is 0 Å². The molecule has 1 aromatic heterocycles. The second kappa shape index (κ2) is 7.02. The van der Waals surface area contributed by atoms with E-state index in [4.69, 9.17) is 0 Å². The highest BCUT2D eigenvalue weighted by atomic mass is 32.2. The zero-order valence-corrected chi connectivity index (χ0v) is 11.8. The molecule has 0 aliphatic rings. The van der Waals surface area contributed by atoms with Crippen LogP contribution >= 0.6 is 0 Å². The number of aromatic nitrogens is 1. The van der Waals surface area contributed by atoms with E-state index in [-0.39, 0.29) is 5.41 Å². The molecule has 7 heteroatoms. The van der Waals surface area contributed by atoms with E-state index in [0.29, 0.717) is 10.9 Å². The van der Waals surface area contributed by atoms with Gasteiger partial charge in [0.05, 0.1) is 23.6 Å². The molecule has 0 aliphatic carbocycles. The molecule has 0 saturated carbocycles. The summed E-state index contributed by atoms with van der Waals surface area (Å²) in [6, 6.07) is 6.15. The molecule has 0 unspecified atom stereocenters. The van der Waals surface area contributed by atoms with E-state index in [1.165, 1.54) is 11.4 Å². The number of pyridine rings is 1. The number of hydrogen-bond donors (Lipinski definition) is 0. The first-order valence-electron chi connectivity index (χ1n) is 5.35. The molecule has 1 rings (SSSR count). The van der Waals surface area contributed by atoms with E-state index in [2.05, 4.69) is 43.5 Å². The van der Waals surface area contributed by atoms with Crippen molar-refractivity contribution in [1.29, 1.82) is 0 Å². The Kier molecular flexibility index (Phi) is 6.74. The Bertz CT molecular complexity index is 335. The minimum Gasteiger partial charge on any atom is -0.418 e. The normalized spacial score (nSPS) is 12.1. The third-order valence-corrected chi connectivity index (χ3v) is 3.31. The van der Waals surface area contributed by atoms with Crippen molar-refractivity contribution in [2.24, 2.45) is 0 Å². The molecule has 0 saturated heterocycles. The van der Waals surface area contributed by atoms with Gasteiger partial charge >= 0.3 is 7.25 Å². The van der Waals surface area contributed by atoms with Gasteiger partial charge in [0.25, 0.3) is 0 Å². The molecule has 1 heterocycles. The molecule has 1 aromatic rings. The summed E-state index contributed by atoms with van der Waals surface area (Å²) in [6.45, 7) is 4.53. The van der Waals surface area contributed by atoms with Crippen LogP contribution in [0, 0.1) is 0 Å². The molecular weight excluding hydrogens is 265 g/mol. The van der Waals surface area contributed by atoms with Crippen molar-refractivity contribution < 1.29 is 17.3 Å². The monoisotopic (exact) mass is 283 g/mol. The van der Waals surface area contributed by atoms with Crippen LogP contribution in [-0.2, 0) is 16.3 Å². The Morgan fingerprint density at radius 1 is 1.17 bits per heavy atom. The maximum Gasteiger partial charge on any atom is 0.673 e. The molecule has 0 N–H and O–H groups in total. The van der Waals surface area contributed by atoms with E-state index < -0.39 is 7.25 Å². The van der Waals surface area contributed by atoms with Crippen molar-refractivity contribution in [3.8, 4) is 0 Å². The molecule has 104 valence electrons. The predicted molar refractivity (Wildman–Crippen MR) is 71.5 cm³/mol. The highest BCUT2D eigenvalue weighted by Gasteiger charge is 2.27. The summed E-state index contributed by atoms with van der Waals surface area (Å²) in [5.74, 6) is 1.21. The Labute approximate surface area is 108 Å². The predicted octanol–water partition coefficient (Wildman–Crippen LogP) is 3.54. The van der Waals surface area contributed by atoms with Crippen LogP contribution in [0.5, 0.6) is 0 Å². The van der Waals surface area contributed by atoms with Gasteiger partial charge in [-0.05, 0) is 36.9 Å². The van der Waals surface area contributed by atoms with Crippen LogP contribution in [-0.4, -0.2) is 30.5 Å². The van der Waals surface area contributed by atoms with Crippen molar-refractivity contribution in [3.63, 3.8) is 0 Å². The van der Waals surface area contributed by atoms with Crippen molar-refractivity contribution in [1.82, 2.24) is 4.98 Å². The molecule has 1 nitrogen and oxygen atoms in total. The maximum atomic E-state index is 9.75. The smallest absolute Gasteiger partial charge is 0.418 e. The fourth-order valence-electron chi connectivity index (χ4n) is 1.56. The van der Waals surface area contributed by atoms with Gasteiger partial charge in [0.15, 0.2) is 0 Å². The van der Waals surface area contributed by atoms with E-state index in [0.717, 1.165) is 0 Å². The highest BCUT2D eigenvalue weighted by Crippen LogP contribution is 2.22. The molecule has 0 amide bonds. The van der Waals surface area contributed by atoms with Crippen LogP contribution in [0.2, 0.25) is 0 Å². The van der Waals surface area contributed by atoms with Gasteiger partial charge in [-0.3, -0.25) is 4.98 Å². The standard InChI is InChI=1S/C11H18NS.BF4/c1-11(2,9-13(3)4)10-7-5-6-8-12-10;2-1(3,4)5/h5-8H,9H2,1-4H3;/q+1;-1. The van der Waals surface area contributed by atoms with Crippen LogP contribution in [0.25, 0.3) is 0 Å². The van der Waals surface area contributed by atoms with Gasteiger partial charge in [0.1, 0.15) is 5.75 Å². The van der Waals surface area contributed by atoms with E-state index in [1.807, 2.05) is 12.3 Å². The second-order valence-corrected chi connectivity index (χ2v) is 6.98. The molecule has 0 radical (unpaired) electrons. The van der Waals surface area contributed by atoms with Gasteiger partial charge in [-0.2, -0.15) is 0 Å². The Morgan fingerprint density at radius 3 is 2.00 bits per heavy atom. The van der Waals surface area contributed by atoms with Gasteiger partial charge in [-0.15, -0.1) is 0 Å². The minimum atomic E-state index is -6.00. The molecule has 0 fully saturated rings. The zero-order valence-electron chi connectivity index (χ0n) is 11.0. The summed E-state index contributed by atoms with van der Waals surface area (Å²) in [4.78, 5) is 4.41. The van der Waals surface area contributed by atoms with Crippen LogP contribution in [0.3, 0.4) is 0 Å². The molecule has 0 spiro atoms. The zero-order chi connectivity index (χ0) is 14.4. The van der Waals surface area contributed by atoms with Crippen molar-refractivity contribution in [2.75, 3.05) is 18.3 Å². The van der Waals surface area contributed by atoms with Crippen LogP contribution in [0.1, 0.15) is 19.5 Å². The summed E-state index contributed by atoms with van der Waals surface area (Å²) in [5, 5.41) is 0. The lowest BCUT2D eigenvalue weighted by atomic mass is 9.91. The Morgan fingerprint density at radius 2 is 1.67 bits per heavy atom. The van der Waals surface area contributed by atoms with Crippen molar-refractivity contribution in [3.05, 3.63) is 30.1 Å². The van der Waals surface area contributed by atoms with Gasteiger partial charge in [0, 0.05) is 6.20 Å². The van der Waals surface area contributed by atoms with E-state index in [9.17, 15) is 17.3 Å². The van der Waals surface area contributed by atoms with Gasteiger partial charge < -0.3 is 17.3 Å². The number of nitrogens with zero attached hydrogens (tertiary/aromatic N) is 1. The lowest BCUT2D eigenvalue weighted by molar-refractivity contribution is 0.368. The average Bonchev–Trinajstić information content (AvgIpc) is 2.14. The maximum absolute atomic E-state index is 9.75. The SMILES string of the molecule is C[S+](C)CC(C)(C)c1ccccn1.F[B-](F)(F)F. The van der Waals surface area contributed by atoms with Gasteiger partial charge in [-0.1, -0.05) is 6.07 Å². The second-order valence-electron chi connectivity index (χ2n) is 4.72. The molecule has 0 aromatic carbocycles. The molecule has 0 bridgehead atoms. The summed E-state index contributed by atoms with van der Waals surface area (Å²) in [7, 11) is -5.53. The first-order chi connectivity index (χ1) is 8.02. The van der Waals surface area contributed by atoms with Crippen LogP contribution in [0.15, 0.2) is 24.4 Å². The number of halogens is 4. The molecular formula is C11H18BF4NS. The average molecular weight is 283 g/mol. The van der Waals surface area contributed by atoms with Crippen LogP contribution in [0.4, 0.5) is 17.3 Å². The molecule has 0 atom stereocenters. The summed E-state index contributed by atoms with van der Waals surface area (Å²) < 4.78 is 39.0. The van der Waals surface area contributed by atoms with Gasteiger partial charge in [0.2, 0.25) is 0 Å². The quantitative estimate of drug-likeness (QED) is 0.470. The summed E-state index contributed by atoms with van der Waals surface area (Å²) in [5.41, 5.74) is 1.42. The molecule has 18 heavy (non-hydrogen) atoms. The fourth-order valence-corrected chi connectivity index (χ4v) is 3.15. The Balaban J connectivity index is 0.000000494. The Hall–Kier alpha value is -0.715. The number of hydrogen-bond acceptors (Lipinski definition) is 1. The highest BCUT2D eigenvalue weighted by molar-refractivity contribution is 7.95. The topological polar surface area (TPSA) is 12.9 Å². The minimum absolute atomic E-state index is 0.216.